The minimum atomic E-state index is -0.684. The summed E-state index contributed by atoms with van der Waals surface area (Å²) in [4.78, 5) is 13.8. The molecule has 1 aliphatic heterocycles. The Labute approximate surface area is 115 Å². The minimum Gasteiger partial charge on any atom is -0.481 e. The van der Waals surface area contributed by atoms with Gasteiger partial charge in [0.05, 0.1) is 5.92 Å². The summed E-state index contributed by atoms with van der Waals surface area (Å²) in [6.07, 6.45) is 0.719. The Morgan fingerprint density at radius 2 is 1.58 bits per heavy atom. The van der Waals surface area contributed by atoms with Gasteiger partial charge in [-0.05, 0) is 29.7 Å². The van der Waals surface area contributed by atoms with E-state index in [9.17, 15) is 9.90 Å². The van der Waals surface area contributed by atoms with Crippen LogP contribution >= 0.6 is 11.8 Å². The third-order valence-electron chi connectivity index (χ3n) is 4.21. The van der Waals surface area contributed by atoms with Crippen LogP contribution < -0.4 is 0 Å². The zero-order valence-corrected chi connectivity index (χ0v) is 11.0. The molecule has 19 heavy (non-hydrogen) atoms. The van der Waals surface area contributed by atoms with Crippen LogP contribution in [0.15, 0.2) is 58.3 Å². The molecule has 1 fully saturated rings. The van der Waals surface area contributed by atoms with Gasteiger partial charge in [-0.1, -0.05) is 48.2 Å². The Hall–Kier alpha value is -1.74. The largest absolute Gasteiger partial charge is 0.481 e. The molecular weight excluding hydrogens is 256 g/mol. The van der Waals surface area contributed by atoms with Crippen molar-refractivity contribution in [3.8, 4) is 0 Å². The molecule has 0 amide bonds. The summed E-state index contributed by atoms with van der Waals surface area (Å²) in [5, 5.41) is 9.42. The predicted molar refractivity (Wildman–Crippen MR) is 73.5 cm³/mol. The highest BCUT2D eigenvalue weighted by Crippen LogP contribution is 2.65. The van der Waals surface area contributed by atoms with Crippen molar-refractivity contribution in [3.63, 3.8) is 0 Å². The van der Waals surface area contributed by atoms with Crippen molar-refractivity contribution >= 4 is 17.7 Å². The predicted octanol–water partition coefficient (Wildman–Crippen LogP) is 3.54. The minimum absolute atomic E-state index is 0.282. The van der Waals surface area contributed by atoms with Crippen molar-refractivity contribution in [2.45, 2.75) is 21.6 Å². The van der Waals surface area contributed by atoms with E-state index in [1.54, 1.807) is 11.8 Å². The first kappa shape index (κ1) is 11.1. The Bertz CT molecular complexity index is 647. The zero-order chi connectivity index (χ0) is 13.0. The van der Waals surface area contributed by atoms with Crippen LogP contribution in [0.3, 0.4) is 0 Å². The first-order chi connectivity index (χ1) is 9.23. The third-order valence-corrected chi connectivity index (χ3v) is 5.37. The maximum absolute atomic E-state index is 11.4. The van der Waals surface area contributed by atoms with Crippen molar-refractivity contribution in [1.82, 2.24) is 0 Å². The number of benzene rings is 2. The SMILES string of the molecule is O=C(O)C1CC12c1ccccc1Sc1ccccc12. The molecule has 0 radical (unpaired) electrons. The van der Waals surface area contributed by atoms with Crippen LogP contribution in [-0.2, 0) is 10.2 Å². The highest BCUT2D eigenvalue weighted by atomic mass is 32.2. The van der Waals surface area contributed by atoms with Crippen molar-refractivity contribution in [1.29, 1.82) is 0 Å². The summed E-state index contributed by atoms with van der Waals surface area (Å²) in [7, 11) is 0. The second-order valence-corrected chi connectivity index (χ2v) is 6.24. The molecule has 0 bridgehead atoms. The molecule has 0 saturated heterocycles. The number of fused-ring (bicyclic) bond motifs is 4. The van der Waals surface area contributed by atoms with Crippen LogP contribution in [0.1, 0.15) is 17.5 Å². The van der Waals surface area contributed by atoms with Crippen LogP contribution in [-0.4, -0.2) is 11.1 Å². The van der Waals surface area contributed by atoms with E-state index in [-0.39, 0.29) is 11.3 Å². The lowest BCUT2D eigenvalue weighted by Crippen LogP contribution is -2.21. The smallest absolute Gasteiger partial charge is 0.307 e. The molecule has 1 aliphatic carbocycles. The van der Waals surface area contributed by atoms with Gasteiger partial charge in [0.15, 0.2) is 0 Å². The van der Waals surface area contributed by atoms with E-state index in [0.29, 0.717) is 0 Å². The standard InChI is InChI=1S/C16H12O2S/c17-15(18)12-9-16(12)10-5-1-3-7-13(10)19-14-8-4-2-6-11(14)16/h1-8,12H,9H2,(H,17,18). The van der Waals surface area contributed by atoms with Gasteiger partial charge < -0.3 is 5.11 Å². The summed E-state index contributed by atoms with van der Waals surface area (Å²) in [6, 6.07) is 16.4. The normalized spacial score (nSPS) is 21.6. The van der Waals surface area contributed by atoms with Gasteiger partial charge in [0.2, 0.25) is 0 Å². The molecule has 94 valence electrons. The number of hydrogen-bond acceptors (Lipinski definition) is 2. The Morgan fingerprint density at radius 3 is 2.05 bits per heavy atom. The molecule has 2 aromatic rings. The van der Waals surface area contributed by atoms with Crippen LogP contribution in [0.2, 0.25) is 0 Å². The molecule has 1 saturated carbocycles. The van der Waals surface area contributed by atoms with Crippen molar-refractivity contribution in [3.05, 3.63) is 59.7 Å². The maximum atomic E-state index is 11.4. The molecule has 3 heteroatoms. The number of hydrogen-bond donors (Lipinski definition) is 1. The van der Waals surface area contributed by atoms with Gasteiger partial charge in [-0.15, -0.1) is 0 Å². The van der Waals surface area contributed by atoms with Crippen LogP contribution in [0, 0.1) is 5.92 Å². The van der Waals surface area contributed by atoms with E-state index in [2.05, 4.69) is 24.3 Å². The van der Waals surface area contributed by atoms with E-state index >= 15 is 0 Å². The van der Waals surface area contributed by atoms with Gasteiger partial charge in [0.1, 0.15) is 0 Å². The topological polar surface area (TPSA) is 37.3 Å². The average molecular weight is 268 g/mol. The van der Waals surface area contributed by atoms with Crippen molar-refractivity contribution in [2.75, 3.05) is 0 Å². The van der Waals surface area contributed by atoms with E-state index < -0.39 is 5.97 Å². The first-order valence-corrected chi connectivity index (χ1v) is 7.15. The molecular formula is C16H12O2S. The highest BCUT2D eigenvalue weighted by molar-refractivity contribution is 7.99. The van der Waals surface area contributed by atoms with Gasteiger partial charge in [0.25, 0.3) is 0 Å². The summed E-state index contributed by atoms with van der Waals surface area (Å²) >= 11 is 1.75. The van der Waals surface area contributed by atoms with E-state index in [4.69, 9.17) is 0 Å². The van der Waals surface area contributed by atoms with Gasteiger partial charge in [0, 0.05) is 15.2 Å². The molecule has 1 heterocycles. The van der Waals surface area contributed by atoms with E-state index in [1.165, 1.54) is 20.9 Å². The van der Waals surface area contributed by atoms with E-state index in [0.717, 1.165) is 6.42 Å². The number of aliphatic carboxylic acids is 1. The second-order valence-electron chi connectivity index (χ2n) is 5.16. The summed E-state index contributed by atoms with van der Waals surface area (Å²) < 4.78 is 0. The van der Waals surface area contributed by atoms with Crippen molar-refractivity contribution < 1.29 is 9.90 Å². The summed E-state index contributed by atoms with van der Waals surface area (Å²) in [6.45, 7) is 0. The van der Waals surface area contributed by atoms with Gasteiger partial charge in [-0.3, -0.25) is 4.79 Å². The number of carboxylic acids is 1. The molecule has 0 aromatic heterocycles. The first-order valence-electron chi connectivity index (χ1n) is 6.33. The average Bonchev–Trinajstić information content (AvgIpc) is 3.16. The maximum Gasteiger partial charge on any atom is 0.307 e. The molecule has 1 unspecified atom stereocenters. The zero-order valence-electron chi connectivity index (χ0n) is 10.2. The molecule has 2 aliphatic rings. The molecule has 1 spiro atoms. The van der Waals surface area contributed by atoms with Gasteiger partial charge in [-0.2, -0.15) is 0 Å². The molecule has 2 nitrogen and oxygen atoms in total. The van der Waals surface area contributed by atoms with Gasteiger partial charge in [-0.25, -0.2) is 0 Å². The fraction of sp³-hybridized carbons (Fsp3) is 0.188. The third kappa shape index (κ3) is 1.36. The fourth-order valence-corrected chi connectivity index (χ4v) is 4.52. The number of rotatable bonds is 1. The Morgan fingerprint density at radius 1 is 1.05 bits per heavy atom. The lowest BCUT2D eigenvalue weighted by Gasteiger charge is -2.28. The molecule has 2 aromatic carbocycles. The number of carboxylic acid groups (broad SMARTS) is 1. The second kappa shape index (κ2) is 3.64. The van der Waals surface area contributed by atoms with Crippen LogP contribution in [0.5, 0.6) is 0 Å². The molecule has 4 rings (SSSR count). The van der Waals surface area contributed by atoms with Crippen molar-refractivity contribution in [2.24, 2.45) is 5.92 Å². The quantitative estimate of drug-likeness (QED) is 0.859. The van der Waals surface area contributed by atoms with E-state index in [1.807, 2.05) is 24.3 Å². The highest BCUT2D eigenvalue weighted by Gasteiger charge is 2.63. The fourth-order valence-electron chi connectivity index (χ4n) is 3.27. The lowest BCUT2D eigenvalue weighted by atomic mass is 9.85. The Balaban J connectivity index is 1.98. The number of carbonyl (C=O) groups is 1. The van der Waals surface area contributed by atoms with Crippen LogP contribution in [0.25, 0.3) is 0 Å². The Kier molecular flexibility index (Phi) is 2.13. The lowest BCUT2D eigenvalue weighted by molar-refractivity contribution is -0.138. The summed E-state index contributed by atoms with van der Waals surface area (Å²) in [5.41, 5.74) is 2.08. The van der Waals surface area contributed by atoms with Gasteiger partial charge >= 0.3 is 5.97 Å². The molecule has 1 N–H and O–H groups in total. The monoisotopic (exact) mass is 268 g/mol. The van der Waals surface area contributed by atoms with Crippen LogP contribution in [0.4, 0.5) is 0 Å². The molecule has 1 atom stereocenters. The summed E-state index contributed by atoms with van der Waals surface area (Å²) in [5.74, 6) is -0.966.